The number of methoxy groups -OCH3 is 4. The quantitative estimate of drug-likeness (QED) is 0.171. The summed E-state index contributed by atoms with van der Waals surface area (Å²) in [6.07, 6.45) is 11.9. The molecule has 0 radical (unpaired) electrons. The molecular weight excluding hydrogens is 652 g/mol. The Morgan fingerprint density at radius 1 is 0.600 bits per heavy atom. The first-order valence-corrected chi connectivity index (χ1v) is 15.4. The highest BCUT2D eigenvalue weighted by Gasteiger charge is 2.23. The average molecular weight is 689 g/mol. The molecule has 0 fully saturated rings. The Morgan fingerprint density at radius 2 is 0.940 bits per heavy atom. The Balaban J connectivity index is 1.39. The number of hydrogen-bond donors (Lipinski definition) is 0. The van der Waals surface area contributed by atoms with Gasteiger partial charge >= 0.3 is 11.9 Å². The Bertz CT molecular complexity index is 1610. The minimum absolute atomic E-state index is 0.0419. The Morgan fingerprint density at radius 3 is 1.24 bits per heavy atom. The predicted molar refractivity (Wildman–Crippen MR) is 179 cm³/mol. The van der Waals surface area contributed by atoms with Crippen molar-refractivity contribution < 1.29 is 57.2 Å². The Labute approximate surface area is 288 Å². The molecule has 4 amide bonds. The minimum atomic E-state index is -0.791. The van der Waals surface area contributed by atoms with Crippen molar-refractivity contribution in [1.82, 2.24) is 9.80 Å². The fraction of sp³-hybridized carbons (Fsp3) is 0.278. The number of rotatable bonds is 13. The van der Waals surface area contributed by atoms with Crippen LogP contribution in [-0.4, -0.2) is 86.9 Å². The van der Waals surface area contributed by atoms with Gasteiger partial charge in [-0.2, -0.15) is 0 Å². The molecule has 2 aromatic carbocycles. The summed E-state index contributed by atoms with van der Waals surface area (Å²) in [4.78, 5) is 76.8. The lowest BCUT2D eigenvalue weighted by Crippen LogP contribution is -2.37. The van der Waals surface area contributed by atoms with E-state index in [9.17, 15) is 28.8 Å². The Hall–Kier alpha value is -6.18. The van der Waals surface area contributed by atoms with E-state index in [4.69, 9.17) is 28.4 Å². The molecule has 2 aliphatic heterocycles. The van der Waals surface area contributed by atoms with E-state index in [1.54, 1.807) is 12.2 Å². The number of benzene rings is 2. The van der Waals surface area contributed by atoms with Gasteiger partial charge in [0.15, 0.2) is 23.0 Å². The van der Waals surface area contributed by atoms with Gasteiger partial charge in [-0.1, -0.05) is 12.2 Å². The van der Waals surface area contributed by atoms with Crippen LogP contribution in [0.3, 0.4) is 0 Å². The highest BCUT2D eigenvalue weighted by Crippen LogP contribution is 2.40. The van der Waals surface area contributed by atoms with Crippen molar-refractivity contribution in [3.05, 3.63) is 71.8 Å². The summed E-state index contributed by atoms with van der Waals surface area (Å²) in [5.41, 5.74) is 0.946. The molecule has 0 aliphatic carbocycles. The topological polar surface area (TPSA) is 164 Å². The van der Waals surface area contributed by atoms with Gasteiger partial charge in [-0.3, -0.25) is 38.6 Å². The third-order valence-corrected chi connectivity index (χ3v) is 7.39. The maximum atomic E-state index is 12.8. The van der Waals surface area contributed by atoms with Crippen LogP contribution in [0.5, 0.6) is 34.5 Å². The van der Waals surface area contributed by atoms with Crippen molar-refractivity contribution in [2.75, 3.05) is 41.5 Å². The molecule has 2 heterocycles. The molecule has 0 saturated carbocycles. The summed E-state index contributed by atoms with van der Waals surface area (Å²) >= 11 is 0. The molecule has 0 aromatic heterocycles. The molecular formula is C36H36N2O12. The Kier molecular flexibility index (Phi) is 12.7. The number of carbonyl (C=O) groups excluding carboxylic acids is 6. The van der Waals surface area contributed by atoms with E-state index in [0.29, 0.717) is 24.0 Å². The predicted octanol–water partition coefficient (Wildman–Crippen LogP) is 3.67. The van der Waals surface area contributed by atoms with E-state index >= 15 is 0 Å². The molecule has 14 heteroatoms. The number of carbonyl (C=O) groups is 6. The average Bonchev–Trinajstić information content (AvgIpc) is 3.12. The molecule has 14 nitrogen and oxygen atoms in total. The van der Waals surface area contributed by atoms with E-state index in [-0.39, 0.29) is 60.4 Å². The summed E-state index contributed by atoms with van der Waals surface area (Å²) in [6.45, 7) is 0.564. The summed E-state index contributed by atoms with van der Waals surface area (Å²) in [6, 6.07) is 6.05. The summed E-state index contributed by atoms with van der Waals surface area (Å²) in [7, 11) is 5.42. The molecule has 50 heavy (non-hydrogen) atoms. The molecule has 2 aromatic rings. The standard InChI is InChI=1S/C36H36N2O12/c1-45-25-19-23(11-13-31(41)37-17-7-5-9-29(37)39)20-26(46-2)35(25)49-33(43)15-16-34(44)50-36-27(47-3)21-24(22-28(36)48-4)12-14-32(42)38-18-8-6-10-30(38)40/h5-6,9-14,19-22H,7-8,15-18H2,1-4H3/b13-11+,14-12+. The van der Waals surface area contributed by atoms with Crippen LogP contribution < -0.4 is 28.4 Å². The van der Waals surface area contributed by atoms with Gasteiger partial charge in [-0.25, -0.2) is 0 Å². The zero-order chi connectivity index (χ0) is 36.2. The van der Waals surface area contributed by atoms with E-state index < -0.39 is 35.6 Å². The molecule has 0 N–H and O–H groups in total. The number of imide groups is 2. The molecule has 4 rings (SSSR count). The lowest BCUT2D eigenvalue weighted by molar-refractivity contribution is -0.140. The third-order valence-electron chi connectivity index (χ3n) is 7.39. The monoisotopic (exact) mass is 688 g/mol. The van der Waals surface area contributed by atoms with Crippen LogP contribution in [0.2, 0.25) is 0 Å². The number of esters is 2. The summed E-state index contributed by atoms with van der Waals surface area (Å²) in [5.74, 6) is -2.95. The fourth-order valence-electron chi connectivity index (χ4n) is 4.86. The van der Waals surface area contributed by atoms with Gasteiger partial charge in [-0.05, 0) is 72.5 Å². The molecule has 0 unspecified atom stereocenters. The second-order valence-electron chi connectivity index (χ2n) is 10.7. The second-order valence-corrected chi connectivity index (χ2v) is 10.7. The molecule has 0 bridgehead atoms. The van der Waals surface area contributed by atoms with Crippen molar-refractivity contribution in [3.8, 4) is 34.5 Å². The zero-order valence-corrected chi connectivity index (χ0v) is 28.0. The minimum Gasteiger partial charge on any atom is -0.493 e. The van der Waals surface area contributed by atoms with Crippen molar-refractivity contribution in [2.24, 2.45) is 0 Å². The first-order chi connectivity index (χ1) is 24.1. The fourth-order valence-corrected chi connectivity index (χ4v) is 4.86. The van der Waals surface area contributed by atoms with Crippen LogP contribution in [0.4, 0.5) is 0 Å². The van der Waals surface area contributed by atoms with Crippen LogP contribution in [0.15, 0.2) is 60.7 Å². The van der Waals surface area contributed by atoms with Crippen molar-refractivity contribution >= 4 is 47.7 Å². The molecule has 262 valence electrons. The van der Waals surface area contributed by atoms with Gasteiger partial charge in [0, 0.05) is 25.2 Å². The second kappa shape index (κ2) is 17.3. The maximum Gasteiger partial charge on any atom is 0.312 e. The lowest BCUT2D eigenvalue weighted by Gasteiger charge is -2.19. The number of nitrogens with zero attached hydrogens (tertiary/aromatic N) is 2. The SMILES string of the molecule is COc1cc(/C=C/C(=O)N2CCC=CC2=O)cc(OC)c1OC(=O)CCC(=O)Oc1c(OC)cc(/C=C/C(=O)N2CCC=CC2=O)cc1OC. The lowest BCUT2D eigenvalue weighted by atomic mass is 10.1. The normalized spacial score (nSPS) is 14.2. The maximum absolute atomic E-state index is 12.8. The molecule has 2 aliphatic rings. The number of ether oxygens (including phenoxy) is 6. The highest BCUT2D eigenvalue weighted by molar-refractivity contribution is 6.07. The largest absolute Gasteiger partial charge is 0.493 e. The van der Waals surface area contributed by atoms with Crippen LogP contribution in [-0.2, 0) is 28.8 Å². The first kappa shape index (κ1) is 36.7. The molecule has 0 spiro atoms. The van der Waals surface area contributed by atoms with Crippen LogP contribution >= 0.6 is 0 Å². The summed E-state index contributed by atoms with van der Waals surface area (Å²) < 4.78 is 32.5. The van der Waals surface area contributed by atoms with E-state index in [1.165, 1.54) is 89.2 Å². The molecule has 0 atom stereocenters. The van der Waals surface area contributed by atoms with E-state index in [1.807, 2.05) is 0 Å². The smallest absolute Gasteiger partial charge is 0.312 e. The van der Waals surface area contributed by atoms with Crippen LogP contribution in [0.1, 0.15) is 36.8 Å². The molecule has 0 saturated heterocycles. The van der Waals surface area contributed by atoms with Crippen molar-refractivity contribution in [2.45, 2.75) is 25.7 Å². The van der Waals surface area contributed by atoms with Gasteiger partial charge in [0.05, 0.1) is 41.3 Å². The zero-order valence-electron chi connectivity index (χ0n) is 28.0. The van der Waals surface area contributed by atoms with Crippen LogP contribution in [0, 0.1) is 0 Å². The number of hydrogen-bond acceptors (Lipinski definition) is 12. The third kappa shape index (κ3) is 9.24. The van der Waals surface area contributed by atoms with E-state index in [0.717, 1.165) is 9.80 Å². The van der Waals surface area contributed by atoms with Crippen molar-refractivity contribution in [3.63, 3.8) is 0 Å². The summed E-state index contributed by atoms with van der Waals surface area (Å²) in [5, 5.41) is 0. The van der Waals surface area contributed by atoms with Gasteiger partial charge < -0.3 is 28.4 Å². The van der Waals surface area contributed by atoms with Crippen LogP contribution in [0.25, 0.3) is 12.2 Å². The number of amides is 4. The van der Waals surface area contributed by atoms with Crippen molar-refractivity contribution in [1.29, 1.82) is 0 Å². The van der Waals surface area contributed by atoms with Gasteiger partial charge in [0.2, 0.25) is 11.5 Å². The highest BCUT2D eigenvalue weighted by atomic mass is 16.6. The van der Waals surface area contributed by atoms with E-state index in [2.05, 4.69) is 0 Å². The van der Waals surface area contributed by atoms with Gasteiger partial charge in [0.25, 0.3) is 23.6 Å². The first-order valence-electron chi connectivity index (χ1n) is 15.4. The van der Waals surface area contributed by atoms with Gasteiger partial charge in [0.1, 0.15) is 0 Å². The van der Waals surface area contributed by atoms with Gasteiger partial charge in [-0.15, -0.1) is 0 Å².